The molecule has 0 radical (unpaired) electrons. The quantitative estimate of drug-likeness (QED) is 0.690. The first-order chi connectivity index (χ1) is 10.7. The van der Waals surface area contributed by atoms with Crippen molar-refractivity contribution < 1.29 is 17.7 Å². The van der Waals surface area contributed by atoms with Gasteiger partial charge < -0.3 is 15.2 Å². The van der Waals surface area contributed by atoms with Gasteiger partial charge >= 0.3 is 0 Å². The van der Waals surface area contributed by atoms with Gasteiger partial charge in [0.05, 0.1) is 6.04 Å². The van der Waals surface area contributed by atoms with E-state index in [9.17, 15) is 13.2 Å². The highest BCUT2D eigenvalue weighted by Gasteiger charge is 2.30. The number of aryl methyl sites for hydroxylation is 2. The Hall–Kier alpha value is -1.16. The lowest BCUT2D eigenvalue weighted by atomic mass is 9.99. The molecule has 0 aliphatic carbocycles. The van der Waals surface area contributed by atoms with Crippen LogP contribution in [0.2, 0.25) is 0 Å². The van der Waals surface area contributed by atoms with Crippen LogP contribution in [0, 0.1) is 13.8 Å². The largest absolute Gasteiger partial charge is 0.360 e. The smallest absolute Gasteiger partial charge is 0.246 e. The van der Waals surface area contributed by atoms with Gasteiger partial charge in [0.15, 0.2) is 5.76 Å². The lowest BCUT2D eigenvalue weighted by Gasteiger charge is -2.31. The van der Waals surface area contributed by atoms with E-state index in [-0.39, 0.29) is 46.7 Å². The molecule has 1 aromatic heterocycles. The van der Waals surface area contributed by atoms with Crippen LogP contribution in [-0.2, 0) is 14.8 Å². The van der Waals surface area contributed by atoms with Gasteiger partial charge in [-0.15, -0.1) is 12.4 Å². The molecule has 138 valence electrons. The summed E-state index contributed by atoms with van der Waals surface area (Å²) in [6, 6.07) is -0.718. The minimum Gasteiger partial charge on any atom is -0.360 e. The zero-order valence-electron chi connectivity index (χ0n) is 14.3. The molecule has 1 aliphatic rings. The van der Waals surface area contributed by atoms with Gasteiger partial charge in [-0.25, -0.2) is 8.42 Å². The number of carbonyl (C=O) groups excluding carboxylic acids is 1. The summed E-state index contributed by atoms with van der Waals surface area (Å²) < 4.78 is 32.1. The molecular weight excluding hydrogens is 356 g/mol. The predicted octanol–water partition coefficient (Wildman–Crippen LogP) is 0.637. The molecule has 2 rings (SSSR count). The molecule has 8 nitrogen and oxygen atoms in total. The Morgan fingerprint density at radius 2 is 2.08 bits per heavy atom. The minimum absolute atomic E-state index is 0. The molecule has 1 fully saturated rings. The molecule has 0 saturated carbocycles. The van der Waals surface area contributed by atoms with Crippen molar-refractivity contribution in [3.63, 3.8) is 0 Å². The van der Waals surface area contributed by atoms with E-state index in [1.165, 1.54) is 13.8 Å². The summed E-state index contributed by atoms with van der Waals surface area (Å²) in [4.78, 5) is 12.3. The molecule has 0 aromatic carbocycles. The van der Waals surface area contributed by atoms with Crippen LogP contribution in [0.4, 0.5) is 0 Å². The number of amides is 1. The first kappa shape index (κ1) is 20.9. The monoisotopic (exact) mass is 380 g/mol. The number of rotatable bonds is 5. The number of nitrogens with one attached hydrogen (secondary N) is 3. The number of piperidine rings is 1. The van der Waals surface area contributed by atoms with Crippen LogP contribution >= 0.6 is 12.4 Å². The van der Waals surface area contributed by atoms with Crippen LogP contribution in [0.1, 0.15) is 38.1 Å². The highest BCUT2D eigenvalue weighted by molar-refractivity contribution is 7.89. The van der Waals surface area contributed by atoms with E-state index in [1.54, 1.807) is 6.92 Å². The molecule has 0 spiro atoms. The topological polar surface area (TPSA) is 113 Å². The van der Waals surface area contributed by atoms with Crippen molar-refractivity contribution in [2.24, 2.45) is 0 Å². The molecule has 0 bridgehead atoms. The highest BCUT2D eigenvalue weighted by atomic mass is 35.5. The highest BCUT2D eigenvalue weighted by Crippen LogP contribution is 2.19. The van der Waals surface area contributed by atoms with Gasteiger partial charge in [-0.05, 0) is 47.1 Å². The predicted molar refractivity (Wildman–Crippen MR) is 91.6 cm³/mol. The van der Waals surface area contributed by atoms with E-state index in [0.717, 1.165) is 19.4 Å². The maximum atomic E-state index is 12.4. The molecule has 1 saturated heterocycles. The van der Waals surface area contributed by atoms with E-state index < -0.39 is 16.1 Å². The van der Waals surface area contributed by atoms with Gasteiger partial charge in [0.25, 0.3) is 0 Å². The molecular formula is C14H25ClN4O4S. The average molecular weight is 381 g/mol. The Morgan fingerprint density at radius 1 is 1.42 bits per heavy atom. The molecule has 3 unspecified atom stereocenters. The van der Waals surface area contributed by atoms with Crippen LogP contribution in [-0.4, -0.2) is 44.2 Å². The van der Waals surface area contributed by atoms with Crippen molar-refractivity contribution in [3.05, 3.63) is 11.5 Å². The number of hydrogen-bond donors (Lipinski definition) is 3. The van der Waals surface area contributed by atoms with Crippen molar-refractivity contribution in [3.8, 4) is 0 Å². The number of aromatic nitrogens is 1. The Kier molecular flexibility index (Phi) is 7.21. The number of carbonyl (C=O) groups is 1. The number of hydrogen-bond acceptors (Lipinski definition) is 6. The fourth-order valence-corrected chi connectivity index (χ4v) is 4.28. The van der Waals surface area contributed by atoms with E-state index in [0.29, 0.717) is 0 Å². The number of nitrogens with zero attached hydrogens (tertiary/aromatic N) is 1. The Balaban J connectivity index is 0.00000288. The van der Waals surface area contributed by atoms with Crippen molar-refractivity contribution >= 4 is 28.3 Å². The SMILES string of the molecule is Cc1noc(C)c1S(=O)(=O)NC(C)C(=O)NC1CCCNC1C.Cl. The first-order valence-electron chi connectivity index (χ1n) is 7.71. The van der Waals surface area contributed by atoms with E-state index in [4.69, 9.17) is 4.52 Å². The molecule has 3 N–H and O–H groups in total. The van der Waals surface area contributed by atoms with Gasteiger partial charge in [-0.2, -0.15) is 4.72 Å². The summed E-state index contributed by atoms with van der Waals surface area (Å²) in [6.07, 6.45) is 1.86. The van der Waals surface area contributed by atoms with Gasteiger partial charge in [-0.3, -0.25) is 4.79 Å². The summed E-state index contributed by atoms with van der Waals surface area (Å²) in [5.41, 5.74) is 0.271. The average Bonchev–Trinajstić information content (AvgIpc) is 2.80. The normalized spacial score (nSPS) is 22.5. The van der Waals surface area contributed by atoms with Gasteiger partial charge in [0.1, 0.15) is 10.6 Å². The maximum absolute atomic E-state index is 12.4. The first-order valence-corrected chi connectivity index (χ1v) is 9.19. The lowest BCUT2D eigenvalue weighted by Crippen LogP contribution is -2.55. The third kappa shape index (κ3) is 4.69. The second kappa shape index (κ2) is 8.28. The van der Waals surface area contributed by atoms with Crippen molar-refractivity contribution in [2.45, 2.75) is 63.6 Å². The number of halogens is 1. The van der Waals surface area contributed by atoms with Crippen LogP contribution in [0.25, 0.3) is 0 Å². The van der Waals surface area contributed by atoms with Crippen molar-refractivity contribution in [1.29, 1.82) is 0 Å². The van der Waals surface area contributed by atoms with Crippen LogP contribution in [0.3, 0.4) is 0 Å². The van der Waals surface area contributed by atoms with Gasteiger partial charge in [0, 0.05) is 12.1 Å². The van der Waals surface area contributed by atoms with Crippen LogP contribution < -0.4 is 15.4 Å². The summed E-state index contributed by atoms with van der Waals surface area (Å²) >= 11 is 0. The fourth-order valence-electron chi connectivity index (χ4n) is 2.75. The molecule has 24 heavy (non-hydrogen) atoms. The van der Waals surface area contributed by atoms with Gasteiger partial charge in [0.2, 0.25) is 15.9 Å². The summed E-state index contributed by atoms with van der Waals surface area (Å²) in [5, 5.41) is 9.82. The second-order valence-electron chi connectivity index (χ2n) is 6.00. The Bertz CT molecular complexity index is 657. The number of sulfonamides is 1. The summed E-state index contributed by atoms with van der Waals surface area (Å²) in [7, 11) is -3.86. The maximum Gasteiger partial charge on any atom is 0.246 e. The summed E-state index contributed by atoms with van der Waals surface area (Å²) in [6.45, 7) is 7.52. The second-order valence-corrected chi connectivity index (χ2v) is 7.65. The third-order valence-electron chi connectivity index (χ3n) is 4.05. The van der Waals surface area contributed by atoms with E-state index in [1.807, 2.05) is 6.92 Å². The molecule has 2 heterocycles. The third-order valence-corrected chi connectivity index (χ3v) is 5.84. The van der Waals surface area contributed by atoms with Crippen LogP contribution in [0.5, 0.6) is 0 Å². The zero-order valence-corrected chi connectivity index (χ0v) is 15.9. The molecule has 1 amide bonds. The van der Waals surface area contributed by atoms with Gasteiger partial charge in [-0.1, -0.05) is 5.16 Å². The zero-order chi connectivity index (χ0) is 17.2. The lowest BCUT2D eigenvalue weighted by molar-refractivity contribution is -0.123. The molecule has 1 aliphatic heterocycles. The summed E-state index contributed by atoms with van der Waals surface area (Å²) in [5.74, 6) is -0.145. The standard InChI is InChI=1S/C14H24N4O4S.ClH/c1-8-12(6-5-7-15-8)16-14(19)10(3)18-23(20,21)13-9(2)17-22-11(13)4;/h8,10,12,15,18H,5-7H2,1-4H3,(H,16,19);1H. The molecule has 1 aromatic rings. The minimum atomic E-state index is -3.86. The Morgan fingerprint density at radius 3 is 2.62 bits per heavy atom. The van der Waals surface area contributed by atoms with Crippen molar-refractivity contribution in [1.82, 2.24) is 20.5 Å². The van der Waals surface area contributed by atoms with Crippen LogP contribution in [0.15, 0.2) is 9.42 Å². The van der Waals surface area contributed by atoms with E-state index >= 15 is 0 Å². The van der Waals surface area contributed by atoms with E-state index in [2.05, 4.69) is 20.5 Å². The fraction of sp³-hybridized carbons (Fsp3) is 0.714. The molecule has 3 atom stereocenters. The van der Waals surface area contributed by atoms with Crippen molar-refractivity contribution in [2.75, 3.05) is 6.54 Å². The molecule has 10 heteroatoms. The Labute approximate surface area is 148 Å².